The number of hydrogen-bond acceptors (Lipinski definition) is 5. The quantitative estimate of drug-likeness (QED) is 0.494. The molecular formula is C22H22F3N3O4. The molecule has 1 atom stereocenters. The van der Waals surface area contributed by atoms with Crippen molar-refractivity contribution in [2.24, 2.45) is 7.05 Å². The average molecular weight is 449 g/mol. The van der Waals surface area contributed by atoms with Crippen molar-refractivity contribution in [3.63, 3.8) is 0 Å². The van der Waals surface area contributed by atoms with Crippen molar-refractivity contribution >= 4 is 5.91 Å². The Labute approximate surface area is 182 Å². The number of benzene rings is 2. The molecule has 0 bridgehead atoms. The summed E-state index contributed by atoms with van der Waals surface area (Å²) >= 11 is 0. The van der Waals surface area contributed by atoms with Crippen LogP contribution in [0.3, 0.4) is 0 Å². The SMILES string of the molecule is Cc1nn(C)c(Oc2ccc(C(F)(F)F)cc2)c1C(=O)N[C@@H](C)c1ccc(C(O)O)cc1. The molecule has 7 nitrogen and oxygen atoms in total. The molecule has 1 aromatic heterocycles. The zero-order valence-corrected chi connectivity index (χ0v) is 17.5. The van der Waals surface area contributed by atoms with Crippen molar-refractivity contribution in [1.29, 1.82) is 0 Å². The van der Waals surface area contributed by atoms with Crippen molar-refractivity contribution in [3.8, 4) is 11.6 Å². The van der Waals surface area contributed by atoms with Gasteiger partial charge in [0.1, 0.15) is 11.3 Å². The van der Waals surface area contributed by atoms with Gasteiger partial charge in [-0.15, -0.1) is 0 Å². The first kappa shape index (κ1) is 23.3. The molecule has 1 amide bonds. The van der Waals surface area contributed by atoms with Crippen molar-refractivity contribution in [1.82, 2.24) is 15.1 Å². The molecule has 0 aliphatic carbocycles. The molecule has 0 fully saturated rings. The maximum atomic E-state index is 13.0. The number of alkyl halides is 3. The van der Waals surface area contributed by atoms with E-state index in [4.69, 9.17) is 4.74 Å². The van der Waals surface area contributed by atoms with Gasteiger partial charge in [0.25, 0.3) is 5.91 Å². The zero-order chi connectivity index (χ0) is 23.6. The number of hydrogen-bond donors (Lipinski definition) is 3. The van der Waals surface area contributed by atoms with E-state index in [1.54, 1.807) is 33.0 Å². The first-order valence-electron chi connectivity index (χ1n) is 9.63. The number of amides is 1. The standard InChI is InChI=1S/C22H22F3N3O4/c1-12(14-4-6-15(7-5-14)21(30)31)26-19(29)18-13(2)27-28(3)20(18)32-17-10-8-16(9-11-17)22(23,24)25/h4-12,21,30-31H,1-3H3,(H,26,29)/t12-/m0/s1. The summed E-state index contributed by atoms with van der Waals surface area (Å²) in [4.78, 5) is 13.0. The molecule has 3 aromatic rings. The van der Waals surface area contributed by atoms with E-state index in [-0.39, 0.29) is 17.2 Å². The Kier molecular flexibility index (Phi) is 6.56. The van der Waals surface area contributed by atoms with Crippen molar-refractivity contribution in [3.05, 3.63) is 76.5 Å². The van der Waals surface area contributed by atoms with Gasteiger partial charge in [-0.05, 0) is 43.7 Å². The van der Waals surface area contributed by atoms with Crippen LogP contribution in [0, 0.1) is 6.92 Å². The van der Waals surface area contributed by atoms with Crippen LogP contribution < -0.4 is 10.1 Å². The number of carbonyl (C=O) groups excluding carboxylic acids is 1. The number of aliphatic hydroxyl groups is 2. The van der Waals surface area contributed by atoms with E-state index in [1.807, 2.05) is 0 Å². The van der Waals surface area contributed by atoms with E-state index < -0.39 is 30.0 Å². The topological polar surface area (TPSA) is 96.6 Å². The third kappa shape index (κ3) is 5.09. The molecule has 10 heteroatoms. The zero-order valence-electron chi connectivity index (χ0n) is 17.5. The fraction of sp³-hybridized carbons (Fsp3) is 0.273. The minimum absolute atomic E-state index is 0.0886. The lowest BCUT2D eigenvalue weighted by Crippen LogP contribution is -2.27. The molecular weight excluding hydrogens is 427 g/mol. The van der Waals surface area contributed by atoms with Crippen molar-refractivity contribution < 1.29 is 32.9 Å². The summed E-state index contributed by atoms with van der Waals surface area (Å²) in [6.45, 7) is 3.38. The number of aromatic nitrogens is 2. The summed E-state index contributed by atoms with van der Waals surface area (Å²) in [7, 11) is 1.56. The summed E-state index contributed by atoms with van der Waals surface area (Å²) < 4.78 is 45.4. The first-order valence-corrected chi connectivity index (χ1v) is 9.63. The summed E-state index contributed by atoms with van der Waals surface area (Å²) in [5.74, 6) is -0.261. The number of nitrogens with one attached hydrogen (secondary N) is 1. The van der Waals surface area contributed by atoms with Crippen LogP contribution in [-0.4, -0.2) is 25.9 Å². The smallest absolute Gasteiger partial charge is 0.416 e. The molecule has 3 N–H and O–H groups in total. The fourth-order valence-corrected chi connectivity index (χ4v) is 3.15. The van der Waals surface area contributed by atoms with Crippen LogP contribution in [0.1, 0.15) is 52.0 Å². The monoisotopic (exact) mass is 449 g/mol. The Morgan fingerprint density at radius 1 is 1.06 bits per heavy atom. The third-order valence-corrected chi connectivity index (χ3v) is 4.88. The number of ether oxygens (including phenoxy) is 1. The van der Waals surface area contributed by atoms with Crippen LogP contribution in [0.5, 0.6) is 11.6 Å². The molecule has 0 aliphatic rings. The van der Waals surface area contributed by atoms with E-state index in [9.17, 15) is 28.2 Å². The Morgan fingerprint density at radius 2 is 1.62 bits per heavy atom. The van der Waals surface area contributed by atoms with Gasteiger partial charge in [-0.25, -0.2) is 4.68 Å². The number of carbonyl (C=O) groups is 1. The lowest BCUT2D eigenvalue weighted by Gasteiger charge is -2.16. The number of aliphatic hydroxyl groups excluding tert-OH is 1. The third-order valence-electron chi connectivity index (χ3n) is 4.88. The average Bonchev–Trinajstić information content (AvgIpc) is 3.00. The van der Waals surface area contributed by atoms with E-state index in [0.717, 1.165) is 17.7 Å². The molecule has 0 spiro atoms. The highest BCUT2D eigenvalue weighted by molar-refractivity contribution is 5.98. The van der Waals surface area contributed by atoms with Crippen LogP contribution in [0.15, 0.2) is 48.5 Å². The molecule has 32 heavy (non-hydrogen) atoms. The van der Waals surface area contributed by atoms with Gasteiger partial charge in [-0.2, -0.15) is 18.3 Å². The van der Waals surface area contributed by atoms with E-state index >= 15 is 0 Å². The Bertz CT molecular complexity index is 1090. The van der Waals surface area contributed by atoms with Crippen LogP contribution >= 0.6 is 0 Å². The Hall–Kier alpha value is -3.37. The fourth-order valence-electron chi connectivity index (χ4n) is 3.15. The summed E-state index contributed by atoms with van der Waals surface area (Å²) in [6.07, 6.45) is -6.05. The molecule has 0 saturated heterocycles. The van der Waals surface area contributed by atoms with Crippen molar-refractivity contribution in [2.75, 3.05) is 0 Å². The predicted octanol–water partition coefficient (Wildman–Crippen LogP) is 4.01. The molecule has 0 unspecified atom stereocenters. The molecule has 3 rings (SSSR count). The maximum absolute atomic E-state index is 13.0. The lowest BCUT2D eigenvalue weighted by molar-refractivity contribution is -0.137. The summed E-state index contributed by atoms with van der Waals surface area (Å²) in [6, 6.07) is 10.1. The molecule has 0 aliphatic heterocycles. The van der Waals surface area contributed by atoms with Crippen LogP contribution in [0.25, 0.3) is 0 Å². The van der Waals surface area contributed by atoms with Crippen LogP contribution in [0.2, 0.25) is 0 Å². The molecule has 1 heterocycles. The minimum Gasteiger partial charge on any atom is -0.438 e. The van der Waals surface area contributed by atoms with Crippen LogP contribution in [-0.2, 0) is 13.2 Å². The van der Waals surface area contributed by atoms with E-state index in [2.05, 4.69) is 10.4 Å². The second kappa shape index (κ2) is 9.01. The second-order valence-electron chi connectivity index (χ2n) is 7.25. The van der Waals surface area contributed by atoms with Gasteiger partial charge in [-0.3, -0.25) is 4.79 Å². The van der Waals surface area contributed by atoms with E-state index in [1.165, 1.54) is 28.9 Å². The van der Waals surface area contributed by atoms with Gasteiger partial charge in [0.2, 0.25) is 5.88 Å². The predicted molar refractivity (Wildman–Crippen MR) is 109 cm³/mol. The highest BCUT2D eigenvalue weighted by Gasteiger charge is 2.30. The summed E-state index contributed by atoms with van der Waals surface area (Å²) in [5, 5.41) is 25.4. The lowest BCUT2D eigenvalue weighted by atomic mass is 10.1. The molecule has 2 aromatic carbocycles. The van der Waals surface area contributed by atoms with E-state index in [0.29, 0.717) is 11.3 Å². The number of nitrogens with zero attached hydrogens (tertiary/aromatic N) is 2. The van der Waals surface area contributed by atoms with Gasteiger partial charge in [0.15, 0.2) is 6.29 Å². The van der Waals surface area contributed by atoms with Gasteiger partial charge < -0.3 is 20.3 Å². The van der Waals surface area contributed by atoms with Crippen molar-refractivity contribution in [2.45, 2.75) is 32.4 Å². The number of rotatable bonds is 6. The van der Waals surface area contributed by atoms with Gasteiger partial charge in [-0.1, -0.05) is 24.3 Å². The number of aryl methyl sites for hydroxylation is 2. The van der Waals surface area contributed by atoms with Crippen LogP contribution in [0.4, 0.5) is 13.2 Å². The maximum Gasteiger partial charge on any atom is 0.416 e. The first-order chi connectivity index (χ1) is 15.0. The molecule has 170 valence electrons. The Balaban J connectivity index is 1.80. The van der Waals surface area contributed by atoms with Gasteiger partial charge in [0.05, 0.1) is 17.3 Å². The molecule has 0 radical (unpaired) electrons. The minimum atomic E-state index is -4.46. The normalized spacial score (nSPS) is 12.7. The molecule has 0 saturated carbocycles. The van der Waals surface area contributed by atoms with Gasteiger partial charge >= 0.3 is 6.18 Å². The van der Waals surface area contributed by atoms with Gasteiger partial charge in [0, 0.05) is 12.6 Å². The Morgan fingerprint density at radius 3 is 2.16 bits per heavy atom. The number of halogens is 3. The highest BCUT2D eigenvalue weighted by atomic mass is 19.4. The second-order valence-corrected chi connectivity index (χ2v) is 7.25. The summed E-state index contributed by atoms with van der Waals surface area (Å²) in [5.41, 5.74) is 0.786. The largest absolute Gasteiger partial charge is 0.438 e. The highest BCUT2D eigenvalue weighted by Crippen LogP contribution is 2.32.